The third kappa shape index (κ3) is 6.36. The molecule has 41 heavy (non-hydrogen) atoms. The molecule has 5 aromatic rings. The van der Waals surface area contributed by atoms with Gasteiger partial charge in [-0.15, -0.1) is 0 Å². The molecular weight excluding hydrogens is 520 g/mol. The van der Waals surface area contributed by atoms with E-state index in [0.717, 1.165) is 11.1 Å². The molecule has 1 heterocycles. The maximum Gasteiger partial charge on any atom is 0.337 e. The Balaban J connectivity index is 1.32. The van der Waals surface area contributed by atoms with Gasteiger partial charge in [0.1, 0.15) is 12.4 Å². The fourth-order valence-electron chi connectivity index (χ4n) is 4.21. The van der Waals surface area contributed by atoms with E-state index in [1.807, 2.05) is 42.5 Å². The molecule has 0 atom stereocenters. The van der Waals surface area contributed by atoms with Gasteiger partial charge in [-0.25, -0.2) is 14.9 Å². The minimum Gasteiger partial charge on any atom is -0.488 e. The van der Waals surface area contributed by atoms with Crippen molar-refractivity contribution in [3.63, 3.8) is 0 Å². The Hall–Kier alpha value is -5.57. The number of amides is 1. The number of fused-ring (bicyclic) bond motifs is 1. The molecule has 0 fully saturated rings. The number of carbonyl (C=O) groups is 2. The summed E-state index contributed by atoms with van der Waals surface area (Å²) < 4.78 is 12.0. The van der Waals surface area contributed by atoms with Crippen molar-refractivity contribution in [3.8, 4) is 5.75 Å². The van der Waals surface area contributed by atoms with Crippen molar-refractivity contribution in [2.75, 3.05) is 7.11 Å². The van der Waals surface area contributed by atoms with Crippen LogP contribution in [0.4, 0.5) is 0 Å². The molecule has 9 heteroatoms. The maximum absolute atomic E-state index is 13.2. The van der Waals surface area contributed by atoms with Crippen molar-refractivity contribution >= 4 is 28.9 Å². The molecule has 0 aliphatic heterocycles. The Morgan fingerprint density at radius 2 is 1.54 bits per heavy atom. The Morgan fingerprint density at radius 3 is 2.29 bits per heavy atom. The number of nitrogens with one attached hydrogen (secondary N) is 1. The monoisotopic (exact) mass is 546 g/mol. The Bertz CT molecular complexity index is 1780. The van der Waals surface area contributed by atoms with E-state index in [-0.39, 0.29) is 24.4 Å². The minimum absolute atomic E-state index is 0.0909. The highest BCUT2D eigenvalue weighted by atomic mass is 16.5. The first kappa shape index (κ1) is 27.0. The first-order valence-electron chi connectivity index (χ1n) is 12.8. The molecule has 4 aromatic carbocycles. The molecule has 0 unspecified atom stereocenters. The number of ether oxygens (including phenoxy) is 2. The lowest BCUT2D eigenvalue weighted by molar-refractivity contribution is 0.0600. The number of methoxy groups -OCH3 is 1. The molecule has 1 aromatic heterocycles. The number of hydrogen-bond donors (Lipinski definition) is 1. The average molecular weight is 547 g/mol. The van der Waals surface area contributed by atoms with Gasteiger partial charge in [0.25, 0.3) is 11.5 Å². The van der Waals surface area contributed by atoms with Crippen LogP contribution in [0.25, 0.3) is 10.8 Å². The van der Waals surface area contributed by atoms with Gasteiger partial charge in [-0.3, -0.25) is 9.59 Å². The van der Waals surface area contributed by atoms with Gasteiger partial charge < -0.3 is 9.47 Å². The number of benzene rings is 4. The summed E-state index contributed by atoms with van der Waals surface area (Å²) in [6.45, 7) is 0.488. The van der Waals surface area contributed by atoms with E-state index in [9.17, 15) is 14.4 Å². The van der Waals surface area contributed by atoms with Crippen LogP contribution in [-0.2, 0) is 17.9 Å². The number of esters is 1. The van der Waals surface area contributed by atoms with Crippen molar-refractivity contribution < 1.29 is 19.1 Å². The smallest absolute Gasteiger partial charge is 0.337 e. The van der Waals surface area contributed by atoms with E-state index in [0.29, 0.717) is 27.6 Å². The molecule has 0 bridgehead atoms. The first-order valence-corrected chi connectivity index (χ1v) is 12.8. The van der Waals surface area contributed by atoms with Crippen LogP contribution in [0.1, 0.15) is 37.5 Å². The molecule has 0 aliphatic carbocycles. The normalized spacial score (nSPS) is 11.0. The van der Waals surface area contributed by atoms with Gasteiger partial charge in [-0.1, -0.05) is 72.8 Å². The molecule has 1 amide bonds. The number of rotatable bonds is 9. The van der Waals surface area contributed by atoms with E-state index >= 15 is 0 Å². The third-order valence-electron chi connectivity index (χ3n) is 6.32. The molecule has 0 aliphatic rings. The summed E-state index contributed by atoms with van der Waals surface area (Å²) >= 11 is 0. The van der Waals surface area contributed by atoms with Crippen LogP contribution in [-0.4, -0.2) is 35.0 Å². The summed E-state index contributed by atoms with van der Waals surface area (Å²) in [5.74, 6) is -0.398. The van der Waals surface area contributed by atoms with Gasteiger partial charge in [0, 0.05) is 10.9 Å². The number of aromatic nitrogens is 2. The van der Waals surface area contributed by atoms with Crippen molar-refractivity contribution in [2.45, 2.75) is 13.2 Å². The number of carbonyl (C=O) groups excluding carboxylic acids is 2. The van der Waals surface area contributed by atoms with Crippen LogP contribution in [0.2, 0.25) is 0 Å². The van der Waals surface area contributed by atoms with Gasteiger partial charge in [0.15, 0.2) is 5.69 Å². The van der Waals surface area contributed by atoms with E-state index in [4.69, 9.17) is 9.47 Å². The topological polar surface area (TPSA) is 112 Å². The lowest BCUT2D eigenvalue weighted by Gasteiger charge is -2.11. The molecule has 0 spiro atoms. The zero-order valence-electron chi connectivity index (χ0n) is 22.2. The standard InChI is InChI=1S/C32H26N4O5/c1-40-32(39)24-17-15-23(16-18-24)21-41-28-14-8-5-11-25(28)19-33-34-30(37)29-26-12-6-7-13-27(26)31(38)36(35-29)20-22-9-3-2-4-10-22/h2-19H,20-21H2,1H3,(H,34,37)/b33-19+. The Morgan fingerprint density at radius 1 is 0.854 bits per heavy atom. The lowest BCUT2D eigenvalue weighted by atomic mass is 10.1. The van der Waals surface area contributed by atoms with Crippen LogP contribution in [0.15, 0.2) is 113 Å². The fourth-order valence-corrected chi connectivity index (χ4v) is 4.21. The van der Waals surface area contributed by atoms with Gasteiger partial charge in [-0.2, -0.15) is 10.2 Å². The summed E-state index contributed by atoms with van der Waals surface area (Å²) in [4.78, 5) is 37.9. The molecular formula is C32H26N4O5. The Kier molecular flexibility index (Phi) is 8.25. The predicted octanol–water partition coefficient (Wildman–Crippen LogP) is 4.57. The molecule has 0 radical (unpaired) electrons. The molecule has 0 saturated carbocycles. The number of para-hydroxylation sites is 1. The quantitative estimate of drug-likeness (QED) is 0.165. The molecule has 5 rings (SSSR count). The minimum atomic E-state index is -0.552. The molecule has 1 N–H and O–H groups in total. The van der Waals surface area contributed by atoms with E-state index < -0.39 is 11.9 Å². The summed E-state index contributed by atoms with van der Waals surface area (Å²) in [6, 6.07) is 30.5. The van der Waals surface area contributed by atoms with Gasteiger partial charge >= 0.3 is 5.97 Å². The number of hydrazone groups is 1. The SMILES string of the molecule is COC(=O)c1ccc(COc2ccccc2/C=N/NC(=O)c2nn(Cc3ccccc3)c(=O)c3ccccc23)cc1. The second-order valence-electron chi connectivity index (χ2n) is 9.06. The fraction of sp³-hybridized carbons (Fsp3) is 0.0938. The Labute approximate surface area is 235 Å². The van der Waals surface area contributed by atoms with Crippen LogP contribution in [0, 0.1) is 0 Å². The van der Waals surface area contributed by atoms with Crippen LogP contribution in [0.5, 0.6) is 5.75 Å². The number of hydrogen-bond acceptors (Lipinski definition) is 7. The largest absolute Gasteiger partial charge is 0.488 e. The van der Waals surface area contributed by atoms with Crippen LogP contribution >= 0.6 is 0 Å². The predicted molar refractivity (Wildman–Crippen MR) is 155 cm³/mol. The summed E-state index contributed by atoms with van der Waals surface area (Å²) in [7, 11) is 1.34. The van der Waals surface area contributed by atoms with E-state index in [1.54, 1.807) is 60.7 Å². The van der Waals surface area contributed by atoms with Gasteiger partial charge in [0.05, 0.1) is 30.8 Å². The summed E-state index contributed by atoms with van der Waals surface area (Å²) in [6.07, 6.45) is 1.48. The van der Waals surface area contributed by atoms with Crippen molar-refractivity contribution in [1.29, 1.82) is 0 Å². The average Bonchev–Trinajstić information content (AvgIpc) is 3.02. The van der Waals surface area contributed by atoms with Gasteiger partial charge in [0.2, 0.25) is 0 Å². The zero-order valence-corrected chi connectivity index (χ0v) is 22.2. The summed E-state index contributed by atoms with van der Waals surface area (Å²) in [5, 5.41) is 9.36. The molecule has 9 nitrogen and oxygen atoms in total. The van der Waals surface area contributed by atoms with Crippen molar-refractivity contribution in [2.24, 2.45) is 5.10 Å². The molecule has 204 valence electrons. The highest BCUT2D eigenvalue weighted by Gasteiger charge is 2.16. The van der Waals surface area contributed by atoms with E-state index in [1.165, 1.54) is 18.0 Å². The van der Waals surface area contributed by atoms with Crippen molar-refractivity contribution in [3.05, 3.63) is 141 Å². The lowest BCUT2D eigenvalue weighted by Crippen LogP contribution is -2.29. The van der Waals surface area contributed by atoms with Gasteiger partial charge in [-0.05, 0) is 41.5 Å². The molecule has 0 saturated heterocycles. The maximum atomic E-state index is 13.2. The highest BCUT2D eigenvalue weighted by Crippen LogP contribution is 2.18. The first-order chi connectivity index (χ1) is 20.0. The van der Waals surface area contributed by atoms with E-state index in [2.05, 4.69) is 15.6 Å². The zero-order chi connectivity index (χ0) is 28.6. The highest BCUT2D eigenvalue weighted by molar-refractivity contribution is 6.05. The van der Waals surface area contributed by atoms with Crippen LogP contribution < -0.4 is 15.7 Å². The van der Waals surface area contributed by atoms with Crippen molar-refractivity contribution in [1.82, 2.24) is 15.2 Å². The van der Waals surface area contributed by atoms with Crippen LogP contribution in [0.3, 0.4) is 0 Å². The second kappa shape index (κ2) is 12.5. The summed E-state index contributed by atoms with van der Waals surface area (Å²) in [5.41, 5.74) is 5.19. The second-order valence-corrected chi connectivity index (χ2v) is 9.06. The third-order valence-corrected chi connectivity index (χ3v) is 6.32. The number of nitrogens with zero attached hydrogens (tertiary/aromatic N) is 3.